The van der Waals surface area contributed by atoms with Crippen molar-refractivity contribution in [2.75, 3.05) is 7.11 Å². The number of methoxy groups -OCH3 is 1. The lowest BCUT2D eigenvalue weighted by atomic mass is 10.2. The molecule has 0 bridgehead atoms. The molecule has 1 N–H and O–H groups in total. The number of hydrogen-bond acceptors (Lipinski definition) is 4. The monoisotopic (exact) mass is 295 g/mol. The number of aromatic nitrogens is 1. The maximum atomic E-state index is 12.2. The predicted molar refractivity (Wildman–Crippen MR) is 82.5 cm³/mol. The van der Waals surface area contributed by atoms with Crippen molar-refractivity contribution in [2.24, 2.45) is 0 Å². The number of nitrogens with one attached hydrogen (secondary N) is 1. The van der Waals surface area contributed by atoms with Crippen LogP contribution in [0.1, 0.15) is 10.4 Å². The Morgan fingerprint density at radius 2 is 1.77 bits per heavy atom. The Morgan fingerprint density at radius 1 is 1.05 bits per heavy atom. The Labute approximate surface area is 126 Å². The smallest absolute Gasteiger partial charge is 0.343 e. The molecule has 1 aromatic heterocycles. The van der Waals surface area contributed by atoms with Crippen molar-refractivity contribution < 1.29 is 14.3 Å². The molecule has 0 amide bonds. The van der Waals surface area contributed by atoms with Crippen molar-refractivity contribution in [2.45, 2.75) is 0 Å². The van der Waals surface area contributed by atoms with E-state index in [4.69, 9.17) is 9.47 Å². The Bertz CT molecular complexity index is 881. The van der Waals surface area contributed by atoms with E-state index in [0.29, 0.717) is 22.2 Å². The van der Waals surface area contributed by atoms with Gasteiger partial charge in [-0.25, -0.2) is 4.79 Å². The molecule has 0 saturated heterocycles. The molecule has 0 spiro atoms. The van der Waals surface area contributed by atoms with Gasteiger partial charge in [0.2, 0.25) is 0 Å². The Hall–Kier alpha value is -3.08. The van der Waals surface area contributed by atoms with Gasteiger partial charge >= 0.3 is 5.97 Å². The number of hydrogen-bond donors (Lipinski definition) is 1. The van der Waals surface area contributed by atoms with Gasteiger partial charge in [-0.2, -0.15) is 0 Å². The van der Waals surface area contributed by atoms with Gasteiger partial charge < -0.3 is 14.5 Å². The van der Waals surface area contributed by atoms with E-state index in [1.807, 2.05) is 6.07 Å². The van der Waals surface area contributed by atoms with E-state index in [0.717, 1.165) is 0 Å². The first-order valence-electron chi connectivity index (χ1n) is 6.65. The van der Waals surface area contributed by atoms with Crippen molar-refractivity contribution in [1.82, 2.24) is 4.98 Å². The second-order valence-corrected chi connectivity index (χ2v) is 4.66. The highest BCUT2D eigenvalue weighted by Crippen LogP contribution is 2.23. The molecule has 0 fully saturated rings. The molecule has 0 aliphatic carbocycles. The summed E-state index contributed by atoms with van der Waals surface area (Å²) in [5.41, 5.74) is 0.675. The van der Waals surface area contributed by atoms with Crippen LogP contribution in [0.5, 0.6) is 11.5 Å². The van der Waals surface area contributed by atoms with Crippen LogP contribution in [0.4, 0.5) is 0 Å². The van der Waals surface area contributed by atoms with E-state index in [-0.39, 0.29) is 11.3 Å². The van der Waals surface area contributed by atoms with Crippen LogP contribution in [0.25, 0.3) is 10.9 Å². The van der Waals surface area contributed by atoms with E-state index < -0.39 is 5.97 Å². The first kappa shape index (κ1) is 13.9. The van der Waals surface area contributed by atoms with Crippen LogP contribution in [0, 0.1) is 0 Å². The minimum absolute atomic E-state index is 0.236. The van der Waals surface area contributed by atoms with Crippen molar-refractivity contribution in [1.29, 1.82) is 0 Å². The highest BCUT2D eigenvalue weighted by atomic mass is 16.5. The molecule has 1 heterocycles. The summed E-state index contributed by atoms with van der Waals surface area (Å²) in [6, 6.07) is 15.0. The van der Waals surface area contributed by atoms with Gasteiger partial charge in [-0.15, -0.1) is 0 Å². The molecule has 5 heteroatoms. The fourth-order valence-electron chi connectivity index (χ4n) is 2.14. The maximum Gasteiger partial charge on any atom is 0.343 e. The molecule has 0 unspecified atom stereocenters. The van der Waals surface area contributed by atoms with Gasteiger partial charge in [0.25, 0.3) is 5.56 Å². The summed E-state index contributed by atoms with van der Waals surface area (Å²) in [6.45, 7) is 0. The molecular formula is C17H13NO4. The summed E-state index contributed by atoms with van der Waals surface area (Å²) in [6.07, 6.45) is 0. The zero-order valence-corrected chi connectivity index (χ0v) is 11.8. The molecule has 0 radical (unpaired) electrons. The lowest BCUT2D eigenvalue weighted by Crippen LogP contribution is -2.12. The van der Waals surface area contributed by atoms with Gasteiger partial charge in [0, 0.05) is 11.5 Å². The van der Waals surface area contributed by atoms with Crippen LogP contribution in [-0.4, -0.2) is 18.1 Å². The third-order valence-corrected chi connectivity index (χ3v) is 3.24. The Kier molecular flexibility index (Phi) is 3.62. The normalized spacial score (nSPS) is 10.4. The summed E-state index contributed by atoms with van der Waals surface area (Å²) in [5, 5.41) is 0.670. The Morgan fingerprint density at radius 3 is 2.50 bits per heavy atom. The summed E-state index contributed by atoms with van der Waals surface area (Å²) in [7, 11) is 1.55. The second kappa shape index (κ2) is 5.73. The van der Waals surface area contributed by atoms with Gasteiger partial charge in [0.1, 0.15) is 11.5 Å². The van der Waals surface area contributed by atoms with Gasteiger partial charge in [0.15, 0.2) is 0 Å². The van der Waals surface area contributed by atoms with Crippen LogP contribution in [-0.2, 0) is 0 Å². The van der Waals surface area contributed by atoms with Crippen LogP contribution >= 0.6 is 0 Å². The number of carbonyl (C=O) groups is 1. The van der Waals surface area contributed by atoms with Gasteiger partial charge in [-0.05, 0) is 36.4 Å². The number of esters is 1. The lowest BCUT2D eigenvalue weighted by molar-refractivity contribution is 0.0737. The number of rotatable bonds is 3. The third-order valence-electron chi connectivity index (χ3n) is 3.24. The molecule has 0 aliphatic heterocycles. The topological polar surface area (TPSA) is 68.4 Å². The first-order chi connectivity index (χ1) is 10.7. The van der Waals surface area contributed by atoms with E-state index in [1.165, 1.54) is 6.07 Å². The van der Waals surface area contributed by atoms with E-state index >= 15 is 0 Å². The average molecular weight is 295 g/mol. The molecule has 3 rings (SSSR count). The van der Waals surface area contributed by atoms with E-state index in [9.17, 15) is 9.59 Å². The number of fused-ring (bicyclic) bond motifs is 1. The number of carbonyl (C=O) groups excluding carboxylic acids is 1. The number of H-pyrrole nitrogens is 1. The molecule has 5 nitrogen and oxygen atoms in total. The zero-order chi connectivity index (χ0) is 15.5. The van der Waals surface area contributed by atoms with Gasteiger partial charge in [0.05, 0.1) is 18.2 Å². The highest BCUT2D eigenvalue weighted by Gasteiger charge is 2.12. The number of benzene rings is 2. The fraction of sp³-hybridized carbons (Fsp3) is 0.0588. The van der Waals surface area contributed by atoms with Crippen LogP contribution in [0.15, 0.2) is 59.4 Å². The van der Waals surface area contributed by atoms with E-state index in [1.54, 1.807) is 49.6 Å². The summed E-state index contributed by atoms with van der Waals surface area (Å²) < 4.78 is 10.4. The molecule has 3 aromatic rings. The molecular weight excluding hydrogens is 282 g/mol. The van der Waals surface area contributed by atoms with E-state index in [2.05, 4.69) is 4.98 Å². The fourth-order valence-corrected chi connectivity index (χ4v) is 2.14. The first-order valence-corrected chi connectivity index (χ1v) is 6.65. The summed E-state index contributed by atoms with van der Waals surface area (Å²) in [4.78, 5) is 26.5. The predicted octanol–water partition coefficient (Wildman–Crippen LogP) is 2.76. The molecule has 110 valence electrons. The minimum atomic E-state index is -0.529. The van der Waals surface area contributed by atoms with Crippen molar-refractivity contribution in [3.63, 3.8) is 0 Å². The SMILES string of the molecule is COc1ccc(C(=O)Oc2cc(=O)[nH]c3ccccc23)cc1. The molecule has 0 atom stereocenters. The largest absolute Gasteiger partial charge is 0.497 e. The van der Waals surface area contributed by atoms with Crippen molar-refractivity contribution in [3.05, 3.63) is 70.5 Å². The quantitative estimate of drug-likeness (QED) is 0.754. The zero-order valence-electron chi connectivity index (χ0n) is 11.8. The third kappa shape index (κ3) is 2.69. The molecule has 2 aromatic carbocycles. The van der Waals surface area contributed by atoms with Gasteiger partial charge in [-0.3, -0.25) is 4.79 Å². The summed E-state index contributed by atoms with van der Waals surface area (Å²) in [5.74, 6) is 0.358. The van der Waals surface area contributed by atoms with Gasteiger partial charge in [-0.1, -0.05) is 12.1 Å². The summed E-state index contributed by atoms with van der Waals surface area (Å²) >= 11 is 0. The molecule has 22 heavy (non-hydrogen) atoms. The van der Waals surface area contributed by atoms with Crippen molar-refractivity contribution in [3.8, 4) is 11.5 Å². The minimum Gasteiger partial charge on any atom is -0.497 e. The van der Waals surface area contributed by atoms with Crippen LogP contribution in [0.2, 0.25) is 0 Å². The van der Waals surface area contributed by atoms with Crippen LogP contribution in [0.3, 0.4) is 0 Å². The average Bonchev–Trinajstić information content (AvgIpc) is 2.54. The molecule has 0 saturated carbocycles. The van der Waals surface area contributed by atoms with Crippen LogP contribution < -0.4 is 15.0 Å². The number of aromatic amines is 1. The number of pyridine rings is 1. The maximum absolute atomic E-state index is 12.2. The lowest BCUT2D eigenvalue weighted by Gasteiger charge is -2.07. The second-order valence-electron chi connectivity index (χ2n) is 4.66. The molecule has 0 aliphatic rings. The number of ether oxygens (including phenoxy) is 2. The standard InChI is InChI=1S/C17H13NO4/c1-21-12-8-6-11(7-9-12)17(20)22-15-10-16(19)18-14-5-3-2-4-13(14)15/h2-10H,1H3,(H,18,19). The van der Waals surface area contributed by atoms with Crippen molar-refractivity contribution >= 4 is 16.9 Å². The highest BCUT2D eigenvalue weighted by molar-refractivity contribution is 5.94. The number of para-hydroxylation sites is 1. The Balaban J connectivity index is 1.95.